The lowest BCUT2D eigenvalue weighted by Gasteiger charge is -2.35. The van der Waals surface area contributed by atoms with Crippen molar-refractivity contribution in [1.82, 2.24) is 14.5 Å². The molecule has 1 aliphatic heterocycles. The molecule has 3 rings (SSSR count). The van der Waals surface area contributed by atoms with Gasteiger partial charge in [0.2, 0.25) is 0 Å². The van der Waals surface area contributed by atoms with Gasteiger partial charge < -0.3 is 34.4 Å². The number of fused-ring (bicyclic) bond motifs is 1. The lowest BCUT2D eigenvalue weighted by Crippen LogP contribution is -2.52. The molecule has 0 saturated heterocycles. The van der Waals surface area contributed by atoms with Gasteiger partial charge in [0, 0.05) is 11.5 Å². The molecular formula is C15H12F3N4O6-. The van der Waals surface area contributed by atoms with E-state index in [1.54, 1.807) is 0 Å². The van der Waals surface area contributed by atoms with Crippen LogP contribution in [0.15, 0.2) is 30.5 Å². The fourth-order valence-corrected chi connectivity index (χ4v) is 2.69. The molecule has 1 amide bonds. The van der Waals surface area contributed by atoms with Crippen molar-refractivity contribution < 1.29 is 37.5 Å². The number of benzene rings is 1. The van der Waals surface area contributed by atoms with Crippen LogP contribution in [0.5, 0.6) is 11.8 Å². The number of nitro groups is 1. The fraction of sp³-hybridized carbons (Fsp3) is 0.333. The van der Waals surface area contributed by atoms with Gasteiger partial charge in [0.05, 0.1) is 12.6 Å². The molecule has 0 saturated carbocycles. The maximum Gasteiger partial charge on any atom is 0.573 e. The number of hydrogen-bond donors (Lipinski definition) is 0. The Morgan fingerprint density at radius 2 is 2.07 bits per heavy atom. The summed E-state index contributed by atoms with van der Waals surface area (Å²) in [4.78, 5) is 26.2. The van der Waals surface area contributed by atoms with Crippen molar-refractivity contribution in [2.45, 2.75) is 25.5 Å². The van der Waals surface area contributed by atoms with Crippen LogP contribution in [0, 0.1) is 10.1 Å². The number of ether oxygens (including phenoxy) is 2. The molecule has 0 radical (unpaired) electrons. The van der Waals surface area contributed by atoms with E-state index >= 15 is 0 Å². The number of carbonyl (C=O) groups excluding carboxylic acids is 1. The fourth-order valence-electron chi connectivity index (χ4n) is 2.69. The first kappa shape index (κ1) is 19.3. The predicted octanol–water partition coefficient (Wildman–Crippen LogP) is 1.30. The number of carboxylic acid groups (broad SMARTS) is 1. The van der Waals surface area contributed by atoms with Crippen molar-refractivity contribution in [2.75, 3.05) is 6.61 Å². The van der Waals surface area contributed by atoms with Crippen LogP contribution in [0.2, 0.25) is 0 Å². The van der Waals surface area contributed by atoms with E-state index < -0.39 is 35.0 Å². The third-order valence-corrected chi connectivity index (χ3v) is 3.91. The maximum absolute atomic E-state index is 12.2. The van der Waals surface area contributed by atoms with E-state index in [9.17, 15) is 33.2 Å². The van der Waals surface area contributed by atoms with E-state index in [1.165, 1.54) is 16.7 Å². The molecule has 0 bridgehead atoms. The van der Waals surface area contributed by atoms with Gasteiger partial charge in [0.25, 0.3) is 0 Å². The molecular weight excluding hydrogens is 389 g/mol. The van der Waals surface area contributed by atoms with Gasteiger partial charge >= 0.3 is 18.2 Å². The van der Waals surface area contributed by atoms with Crippen molar-refractivity contribution in [3.05, 3.63) is 46.1 Å². The van der Waals surface area contributed by atoms with Crippen LogP contribution >= 0.6 is 0 Å². The van der Waals surface area contributed by atoms with Crippen molar-refractivity contribution in [3.8, 4) is 11.8 Å². The summed E-state index contributed by atoms with van der Waals surface area (Å²) in [5.74, 6) is -0.872. The molecule has 2 heterocycles. The maximum atomic E-state index is 12.2. The van der Waals surface area contributed by atoms with E-state index in [1.807, 2.05) is 0 Å². The molecule has 1 aromatic heterocycles. The van der Waals surface area contributed by atoms with Gasteiger partial charge in [0.15, 0.2) is 0 Å². The molecule has 2 aromatic rings. The second-order valence-electron chi connectivity index (χ2n) is 5.84. The molecule has 0 fully saturated rings. The lowest BCUT2D eigenvalue weighted by molar-refractivity contribution is -0.389. The van der Waals surface area contributed by atoms with Gasteiger partial charge in [-0.15, -0.1) is 13.2 Å². The van der Waals surface area contributed by atoms with Crippen LogP contribution in [0.3, 0.4) is 0 Å². The minimum atomic E-state index is -4.83. The van der Waals surface area contributed by atoms with Gasteiger partial charge in [-0.3, -0.25) is 4.57 Å². The van der Waals surface area contributed by atoms with E-state index in [0.717, 1.165) is 23.2 Å². The molecule has 0 spiro atoms. The van der Waals surface area contributed by atoms with E-state index in [-0.39, 0.29) is 25.7 Å². The number of imidazole rings is 1. The van der Waals surface area contributed by atoms with Gasteiger partial charge in [-0.2, -0.15) is 0 Å². The van der Waals surface area contributed by atoms with Crippen LogP contribution in [-0.2, 0) is 13.1 Å². The molecule has 0 unspecified atom stereocenters. The number of halogens is 3. The van der Waals surface area contributed by atoms with Crippen molar-refractivity contribution in [3.63, 3.8) is 0 Å². The van der Waals surface area contributed by atoms with Crippen LogP contribution in [-0.4, -0.2) is 44.5 Å². The summed E-state index contributed by atoms with van der Waals surface area (Å²) in [7, 11) is 0. The monoisotopic (exact) mass is 401 g/mol. The highest BCUT2D eigenvalue weighted by atomic mass is 19.4. The van der Waals surface area contributed by atoms with E-state index in [0.29, 0.717) is 5.56 Å². The Morgan fingerprint density at radius 1 is 1.39 bits per heavy atom. The third kappa shape index (κ3) is 4.42. The zero-order valence-corrected chi connectivity index (χ0v) is 14.0. The quantitative estimate of drug-likeness (QED) is 0.546. The highest BCUT2D eigenvalue weighted by molar-refractivity contribution is 5.63. The van der Waals surface area contributed by atoms with Crippen molar-refractivity contribution in [1.29, 1.82) is 0 Å². The number of hydrogen-bond acceptors (Lipinski definition) is 7. The first-order valence-corrected chi connectivity index (χ1v) is 7.79. The summed E-state index contributed by atoms with van der Waals surface area (Å²) in [6.07, 6.45) is -5.23. The Labute approximate surface area is 154 Å². The van der Waals surface area contributed by atoms with Crippen LogP contribution in [0.25, 0.3) is 0 Å². The SMILES string of the molecule is O=C([O-])N(Cc1ccc(OC(F)(F)F)cc1)[C@@H]1COc2nc([N+](=O)[O-])cn2C1. The van der Waals surface area contributed by atoms with Crippen LogP contribution < -0.4 is 14.6 Å². The molecule has 1 aromatic carbocycles. The summed E-state index contributed by atoms with van der Waals surface area (Å²) < 4.78 is 46.9. The minimum Gasteiger partial charge on any atom is -0.530 e. The molecule has 10 nitrogen and oxygen atoms in total. The Kier molecular flexibility index (Phi) is 4.98. The zero-order valence-electron chi connectivity index (χ0n) is 14.0. The molecule has 150 valence electrons. The summed E-state index contributed by atoms with van der Waals surface area (Å²) in [5.41, 5.74) is 0.390. The molecule has 28 heavy (non-hydrogen) atoms. The third-order valence-electron chi connectivity index (χ3n) is 3.91. The first-order chi connectivity index (χ1) is 13.1. The molecule has 1 aliphatic rings. The van der Waals surface area contributed by atoms with E-state index in [2.05, 4.69) is 9.72 Å². The number of aromatic nitrogens is 2. The van der Waals surface area contributed by atoms with Gasteiger partial charge in [-0.05, 0) is 22.6 Å². The highest BCUT2D eigenvalue weighted by Crippen LogP contribution is 2.25. The summed E-state index contributed by atoms with van der Waals surface area (Å²) in [5, 5.41) is 22.3. The van der Waals surface area contributed by atoms with Gasteiger partial charge in [-0.25, -0.2) is 0 Å². The van der Waals surface area contributed by atoms with Crippen molar-refractivity contribution in [2.24, 2.45) is 0 Å². The van der Waals surface area contributed by atoms with Crippen LogP contribution in [0.1, 0.15) is 5.56 Å². The average Bonchev–Trinajstić information content (AvgIpc) is 3.03. The highest BCUT2D eigenvalue weighted by Gasteiger charge is 2.32. The number of rotatable bonds is 5. The lowest BCUT2D eigenvalue weighted by atomic mass is 10.1. The van der Waals surface area contributed by atoms with Gasteiger partial charge in [-0.1, -0.05) is 12.1 Å². The number of nitrogens with zero attached hydrogens (tertiary/aromatic N) is 4. The molecule has 0 N–H and O–H groups in total. The Morgan fingerprint density at radius 3 is 2.64 bits per heavy atom. The van der Waals surface area contributed by atoms with Crippen molar-refractivity contribution >= 4 is 11.9 Å². The Balaban J connectivity index is 1.72. The molecule has 1 atom stereocenters. The number of alkyl halides is 3. The van der Waals surface area contributed by atoms with E-state index in [4.69, 9.17) is 4.74 Å². The molecule has 0 aliphatic carbocycles. The van der Waals surface area contributed by atoms with Gasteiger partial charge in [0.1, 0.15) is 24.6 Å². The largest absolute Gasteiger partial charge is 0.573 e. The topological polar surface area (TPSA) is 123 Å². The number of carbonyl (C=O) groups is 1. The smallest absolute Gasteiger partial charge is 0.530 e. The van der Waals surface area contributed by atoms with Crippen LogP contribution in [0.4, 0.5) is 23.8 Å². The Bertz CT molecular complexity index is 883. The second-order valence-corrected chi connectivity index (χ2v) is 5.84. The summed E-state index contributed by atoms with van der Waals surface area (Å²) >= 11 is 0. The predicted molar refractivity (Wildman–Crippen MR) is 82.2 cm³/mol. The summed E-state index contributed by atoms with van der Waals surface area (Å²) in [6.45, 7) is -0.258. The minimum absolute atomic E-state index is 0.00472. The zero-order chi connectivity index (χ0) is 20.5. The second kappa shape index (κ2) is 7.25. The number of amides is 1. The molecule has 13 heteroatoms. The standard InChI is InChI=1S/C15H13F3N4O6/c16-15(17,18)28-11-3-1-9(2-4-11)5-21(14(23)24)10-6-20-7-12(22(25)26)19-13(20)27-8-10/h1-4,7,10H,5-6,8H2,(H,23,24)/p-1/t10-/m0/s1. The Hall–Kier alpha value is -3.51. The summed E-state index contributed by atoms with van der Waals surface area (Å²) in [6, 6.07) is 3.95. The first-order valence-electron chi connectivity index (χ1n) is 7.79. The average molecular weight is 401 g/mol. The normalized spacial score (nSPS) is 16.0.